The van der Waals surface area contributed by atoms with E-state index < -0.39 is 9.84 Å². The SMILES string of the molecule is C[C@H]1COC[C@H]2CN(C(=O)CCS(=O)(=O)c3ccccc3)CCN21. The summed E-state index contributed by atoms with van der Waals surface area (Å²) >= 11 is 0. The number of hydrogen-bond donors (Lipinski definition) is 0. The van der Waals surface area contributed by atoms with Crippen LogP contribution in [0.5, 0.6) is 0 Å². The average Bonchev–Trinajstić information content (AvgIpc) is 2.60. The van der Waals surface area contributed by atoms with Crippen LogP contribution in [0.4, 0.5) is 0 Å². The maximum absolute atomic E-state index is 12.4. The third kappa shape index (κ3) is 3.79. The van der Waals surface area contributed by atoms with Gasteiger partial charge in [-0.05, 0) is 19.1 Å². The van der Waals surface area contributed by atoms with Gasteiger partial charge in [-0.2, -0.15) is 0 Å². The number of ether oxygens (including phenoxy) is 1. The minimum Gasteiger partial charge on any atom is -0.378 e. The molecule has 0 N–H and O–H groups in total. The Kier molecular flexibility index (Phi) is 5.22. The summed E-state index contributed by atoms with van der Waals surface area (Å²) < 4.78 is 30.2. The van der Waals surface area contributed by atoms with E-state index in [4.69, 9.17) is 4.74 Å². The van der Waals surface area contributed by atoms with Crippen molar-refractivity contribution in [3.63, 3.8) is 0 Å². The molecule has 2 heterocycles. The third-order valence-corrected chi connectivity index (χ3v) is 6.54. The van der Waals surface area contributed by atoms with Gasteiger partial charge in [-0.25, -0.2) is 8.42 Å². The average molecular weight is 352 g/mol. The molecule has 132 valence electrons. The largest absolute Gasteiger partial charge is 0.378 e. The van der Waals surface area contributed by atoms with E-state index >= 15 is 0 Å². The van der Waals surface area contributed by atoms with Crippen molar-refractivity contribution in [1.29, 1.82) is 0 Å². The van der Waals surface area contributed by atoms with Crippen LogP contribution in [0, 0.1) is 0 Å². The Hall–Kier alpha value is -1.44. The van der Waals surface area contributed by atoms with Gasteiger partial charge in [-0.1, -0.05) is 18.2 Å². The van der Waals surface area contributed by atoms with E-state index in [0.717, 1.165) is 13.2 Å². The van der Waals surface area contributed by atoms with E-state index in [-0.39, 0.29) is 29.0 Å². The first kappa shape index (κ1) is 17.4. The predicted molar refractivity (Wildman–Crippen MR) is 90.5 cm³/mol. The fraction of sp³-hybridized carbons (Fsp3) is 0.588. The zero-order valence-electron chi connectivity index (χ0n) is 13.9. The topological polar surface area (TPSA) is 66.9 Å². The summed E-state index contributed by atoms with van der Waals surface area (Å²) in [5.41, 5.74) is 0. The summed E-state index contributed by atoms with van der Waals surface area (Å²) in [4.78, 5) is 16.9. The molecule has 2 aliphatic rings. The summed E-state index contributed by atoms with van der Waals surface area (Å²) in [5.74, 6) is -0.236. The van der Waals surface area contributed by atoms with E-state index in [2.05, 4.69) is 11.8 Å². The molecule has 0 radical (unpaired) electrons. The quantitative estimate of drug-likeness (QED) is 0.801. The first-order valence-corrected chi connectivity index (χ1v) is 10.0. The van der Waals surface area contributed by atoms with Crippen LogP contribution in [0.15, 0.2) is 35.2 Å². The van der Waals surface area contributed by atoms with Crippen LogP contribution in [0.3, 0.4) is 0 Å². The molecule has 3 rings (SSSR count). The van der Waals surface area contributed by atoms with Gasteiger partial charge in [-0.15, -0.1) is 0 Å². The standard InChI is InChI=1S/C17H24N2O4S/c1-14-12-23-13-15-11-18(8-9-19(14)15)17(20)7-10-24(21,22)16-5-3-2-4-6-16/h2-6,14-15H,7-13H2,1H3/t14-,15+/m0/s1. The zero-order chi connectivity index (χ0) is 17.2. The van der Waals surface area contributed by atoms with Crippen molar-refractivity contribution in [3.05, 3.63) is 30.3 Å². The minimum absolute atomic E-state index is 0.0281. The van der Waals surface area contributed by atoms with Crippen LogP contribution >= 0.6 is 0 Å². The van der Waals surface area contributed by atoms with Crippen LogP contribution in [0.1, 0.15) is 13.3 Å². The number of amides is 1. The van der Waals surface area contributed by atoms with Crippen LogP contribution < -0.4 is 0 Å². The Bertz CT molecular complexity index is 677. The highest BCUT2D eigenvalue weighted by Gasteiger charge is 2.35. The number of morpholine rings is 1. The van der Waals surface area contributed by atoms with Gasteiger partial charge in [0.2, 0.25) is 5.91 Å². The van der Waals surface area contributed by atoms with Gasteiger partial charge in [0.15, 0.2) is 9.84 Å². The molecule has 2 aliphatic heterocycles. The highest BCUT2D eigenvalue weighted by molar-refractivity contribution is 7.91. The molecule has 7 heteroatoms. The van der Waals surface area contributed by atoms with Gasteiger partial charge < -0.3 is 9.64 Å². The molecular weight excluding hydrogens is 328 g/mol. The molecule has 0 aliphatic carbocycles. The Morgan fingerprint density at radius 1 is 1.21 bits per heavy atom. The summed E-state index contributed by atoms with van der Waals surface area (Å²) in [7, 11) is -3.41. The van der Waals surface area contributed by atoms with Gasteiger partial charge in [-0.3, -0.25) is 9.69 Å². The fourth-order valence-corrected chi connectivity index (χ4v) is 4.67. The Balaban J connectivity index is 1.56. The second-order valence-corrected chi connectivity index (χ2v) is 8.61. The Morgan fingerprint density at radius 2 is 1.96 bits per heavy atom. The van der Waals surface area contributed by atoms with Crippen LogP contribution in [-0.4, -0.2) is 74.8 Å². The molecule has 1 amide bonds. The summed E-state index contributed by atoms with van der Waals surface area (Å²) in [6.45, 7) is 5.61. The van der Waals surface area contributed by atoms with E-state index in [1.54, 1.807) is 35.2 Å². The minimum atomic E-state index is -3.41. The van der Waals surface area contributed by atoms with E-state index in [1.165, 1.54) is 0 Å². The molecule has 0 saturated carbocycles. The van der Waals surface area contributed by atoms with Gasteiger partial charge in [0.25, 0.3) is 0 Å². The van der Waals surface area contributed by atoms with Crippen molar-refractivity contribution >= 4 is 15.7 Å². The number of nitrogens with zero attached hydrogens (tertiary/aromatic N) is 2. The number of fused-ring (bicyclic) bond motifs is 1. The first-order chi connectivity index (χ1) is 11.5. The van der Waals surface area contributed by atoms with E-state index in [9.17, 15) is 13.2 Å². The molecular formula is C17H24N2O4S. The van der Waals surface area contributed by atoms with Crippen molar-refractivity contribution in [1.82, 2.24) is 9.80 Å². The van der Waals surface area contributed by atoms with Gasteiger partial charge in [0, 0.05) is 32.1 Å². The molecule has 1 aromatic rings. The molecule has 2 fully saturated rings. The normalized spacial score (nSPS) is 25.3. The zero-order valence-corrected chi connectivity index (χ0v) is 14.7. The molecule has 0 bridgehead atoms. The monoisotopic (exact) mass is 352 g/mol. The first-order valence-electron chi connectivity index (χ1n) is 8.36. The molecule has 1 aromatic carbocycles. The molecule has 24 heavy (non-hydrogen) atoms. The number of rotatable bonds is 4. The second-order valence-electron chi connectivity index (χ2n) is 6.50. The number of sulfone groups is 1. The number of carbonyl (C=O) groups excluding carboxylic acids is 1. The van der Waals surface area contributed by atoms with E-state index in [1.807, 2.05) is 0 Å². The molecule has 0 spiro atoms. The number of benzene rings is 1. The highest BCUT2D eigenvalue weighted by atomic mass is 32.2. The summed E-state index contributed by atoms with van der Waals surface area (Å²) in [6, 6.07) is 8.89. The molecule has 2 saturated heterocycles. The van der Waals surface area contributed by atoms with Crippen LogP contribution in [0.2, 0.25) is 0 Å². The van der Waals surface area contributed by atoms with Crippen molar-refractivity contribution in [2.75, 3.05) is 38.6 Å². The number of piperazine rings is 1. The van der Waals surface area contributed by atoms with Crippen molar-refractivity contribution < 1.29 is 17.9 Å². The van der Waals surface area contributed by atoms with Crippen molar-refractivity contribution in [2.24, 2.45) is 0 Å². The fourth-order valence-electron chi connectivity index (χ4n) is 3.42. The van der Waals surface area contributed by atoms with Gasteiger partial charge in [0.1, 0.15) is 0 Å². The number of carbonyl (C=O) groups is 1. The summed E-state index contributed by atoms with van der Waals surface area (Å²) in [6.07, 6.45) is 0.0281. The third-order valence-electron chi connectivity index (χ3n) is 4.80. The Labute approximate surface area is 143 Å². The smallest absolute Gasteiger partial charge is 0.223 e. The number of hydrogen-bond acceptors (Lipinski definition) is 5. The van der Waals surface area contributed by atoms with Crippen LogP contribution in [-0.2, 0) is 19.4 Å². The lowest BCUT2D eigenvalue weighted by Crippen LogP contribution is -2.62. The van der Waals surface area contributed by atoms with Gasteiger partial charge in [0.05, 0.1) is 29.9 Å². The maximum Gasteiger partial charge on any atom is 0.223 e. The maximum atomic E-state index is 12.4. The van der Waals surface area contributed by atoms with Crippen LogP contribution in [0.25, 0.3) is 0 Å². The molecule has 6 nitrogen and oxygen atoms in total. The molecule has 0 unspecified atom stereocenters. The van der Waals surface area contributed by atoms with Crippen molar-refractivity contribution in [3.8, 4) is 0 Å². The summed E-state index contributed by atoms with van der Waals surface area (Å²) in [5, 5.41) is 0. The van der Waals surface area contributed by atoms with Gasteiger partial charge >= 0.3 is 0 Å². The highest BCUT2D eigenvalue weighted by Crippen LogP contribution is 2.19. The lowest BCUT2D eigenvalue weighted by atomic mass is 10.1. The lowest BCUT2D eigenvalue weighted by molar-refractivity contribution is -0.138. The Morgan fingerprint density at radius 3 is 2.71 bits per heavy atom. The predicted octanol–water partition coefficient (Wildman–Crippen LogP) is 0.782. The van der Waals surface area contributed by atoms with Crippen molar-refractivity contribution in [2.45, 2.75) is 30.3 Å². The molecule has 2 atom stereocenters. The lowest BCUT2D eigenvalue weighted by Gasteiger charge is -2.47. The second kappa shape index (κ2) is 7.21. The molecule has 0 aromatic heterocycles. The van der Waals surface area contributed by atoms with E-state index in [0.29, 0.717) is 25.7 Å².